The van der Waals surface area contributed by atoms with E-state index in [2.05, 4.69) is 5.32 Å². The van der Waals surface area contributed by atoms with Gasteiger partial charge < -0.3 is 20.5 Å². The fourth-order valence-electron chi connectivity index (χ4n) is 1.91. The van der Waals surface area contributed by atoms with Crippen LogP contribution in [0.5, 0.6) is 11.5 Å². The quantitative estimate of drug-likeness (QED) is 0.754. The van der Waals surface area contributed by atoms with Gasteiger partial charge in [0.25, 0.3) is 0 Å². The number of rotatable bonds is 6. The number of hydrogen-bond acceptors (Lipinski definition) is 4. The molecule has 0 aromatic heterocycles. The van der Waals surface area contributed by atoms with Gasteiger partial charge in [-0.3, -0.25) is 4.79 Å². The third-order valence-electron chi connectivity index (χ3n) is 2.95. The van der Waals surface area contributed by atoms with Gasteiger partial charge in [0.1, 0.15) is 12.7 Å². The van der Waals surface area contributed by atoms with Crippen LogP contribution in [0.4, 0.5) is 0 Å². The lowest BCUT2D eigenvalue weighted by atomic mass is 10.2. The molecule has 1 aliphatic heterocycles. The molecule has 5 nitrogen and oxygen atoms in total. The van der Waals surface area contributed by atoms with Gasteiger partial charge in [-0.05, 0) is 31.5 Å². The molecule has 0 spiro atoms. The Morgan fingerprint density at radius 1 is 1.32 bits per heavy atom. The summed E-state index contributed by atoms with van der Waals surface area (Å²) in [5.74, 6) is 1.53. The molecule has 0 aliphatic carbocycles. The lowest BCUT2D eigenvalue weighted by molar-refractivity contribution is -0.121. The Morgan fingerprint density at radius 2 is 2.11 bits per heavy atom. The molecule has 3 N–H and O–H groups in total. The molecule has 0 saturated heterocycles. The van der Waals surface area contributed by atoms with E-state index in [0.717, 1.165) is 24.3 Å². The number of benzene rings is 1. The Bertz CT molecular complexity index is 423. The van der Waals surface area contributed by atoms with E-state index in [1.54, 1.807) is 0 Å². The zero-order valence-electron chi connectivity index (χ0n) is 10.9. The summed E-state index contributed by atoms with van der Waals surface area (Å²) < 4.78 is 11.3. The molecule has 104 valence electrons. The number of carbonyl (C=O) groups is 1. The number of para-hydroxylation sites is 2. The van der Waals surface area contributed by atoms with Crippen molar-refractivity contribution < 1.29 is 14.3 Å². The highest BCUT2D eigenvalue weighted by Crippen LogP contribution is 2.30. The predicted octanol–water partition coefficient (Wildman–Crippen LogP) is 1.07. The van der Waals surface area contributed by atoms with Crippen LogP contribution in [-0.4, -0.2) is 31.7 Å². The standard InChI is InChI=1S/C14H20N2O3/c15-8-4-3-7-14(17)16-9-11-10-18-12-5-1-2-6-13(12)19-11/h1-2,5-6,11H,3-4,7-10,15H2,(H,16,17). The van der Waals surface area contributed by atoms with E-state index in [-0.39, 0.29) is 12.0 Å². The van der Waals surface area contributed by atoms with Gasteiger partial charge in [0.15, 0.2) is 11.5 Å². The second-order valence-electron chi connectivity index (χ2n) is 4.55. The second-order valence-corrected chi connectivity index (χ2v) is 4.55. The third-order valence-corrected chi connectivity index (χ3v) is 2.95. The van der Waals surface area contributed by atoms with Crippen molar-refractivity contribution in [1.82, 2.24) is 5.32 Å². The summed E-state index contributed by atoms with van der Waals surface area (Å²) in [5.41, 5.74) is 5.38. The molecule has 1 aromatic rings. The van der Waals surface area contributed by atoms with Crippen molar-refractivity contribution >= 4 is 5.91 Å². The zero-order valence-corrected chi connectivity index (χ0v) is 10.9. The number of ether oxygens (including phenoxy) is 2. The van der Waals surface area contributed by atoms with Crippen molar-refractivity contribution in [1.29, 1.82) is 0 Å². The lowest BCUT2D eigenvalue weighted by Crippen LogP contribution is -2.40. The van der Waals surface area contributed by atoms with Crippen LogP contribution < -0.4 is 20.5 Å². The second kappa shape index (κ2) is 6.99. The molecule has 1 aromatic carbocycles. The lowest BCUT2D eigenvalue weighted by Gasteiger charge is -2.26. The molecule has 0 bridgehead atoms. The molecule has 0 radical (unpaired) electrons. The monoisotopic (exact) mass is 264 g/mol. The summed E-state index contributed by atoms with van der Waals surface area (Å²) in [6, 6.07) is 7.54. The van der Waals surface area contributed by atoms with Crippen LogP contribution in [0.3, 0.4) is 0 Å². The smallest absolute Gasteiger partial charge is 0.220 e. The van der Waals surface area contributed by atoms with Gasteiger partial charge in [-0.2, -0.15) is 0 Å². The topological polar surface area (TPSA) is 73.6 Å². The van der Waals surface area contributed by atoms with Gasteiger partial charge in [0.2, 0.25) is 5.91 Å². The average molecular weight is 264 g/mol. The van der Waals surface area contributed by atoms with Crippen molar-refractivity contribution in [2.45, 2.75) is 25.4 Å². The number of nitrogens with two attached hydrogens (primary N) is 1. The fraction of sp³-hybridized carbons (Fsp3) is 0.500. The van der Waals surface area contributed by atoms with E-state index in [9.17, 15) is 4.79 Å². The minimum atomic E-state index is -0.131. The number of carbonyl (C=O) groups excluding carboxylic acids is 1. The summed E-state index contributed by atoms with van der Waals surface area (Å²) >= 11 is 0. The maximum atomic E-state index is 11.6. The van der Waals surface area contributed by atoms with E-state index in [4.69, 9.17) is 15.2 Å². The minimum absolute atomic E-state index is 0.0379. The first kappa shape index (κ1) is 13.7. The Labute approximate surface area is 113 Å². The highest BCUT2D eigenvalue weighted by Gasteiger charge is 2.20. The molecule has 5 heteroatoms. The number of unbranched alkanes of at least 4 members (excludes halogenated alkanes) is 1. The minimum Gasteiger partial charge on any atom is -0.486 e. The summed E-state index contributed by atoms with van der Waals surface area (Å²) in [6.07, 6.45) is 2.09. The van der Waals surface area contributed by atoms with E-state index in [0.29, 0.717) is 26.1 Å². The van der Waals surface area contributed by atoms with Gasteiger partial charge in [-0.25, -0.2) is 0 Å². The number of hydrogen-bond donors (Lipinski definition) is 2. The van der Waals surface area contributed by atoms with Crippen molar-refractivity contribution in [2.24, 2.45) is 5.73 Å². The highest BCUT2D eigenvalue weighted by atomic mass is 16.6. The first-order valence-electron chi connectivity index (χ1n) is 6.65. The van der Waals surface area contributed by atoms with E-state index in [1.165, 1.54) is 0 Å². The number of fused-ring (bicyclic) bond motifs is 1. The Balaban J connectivity index is 1.72. The van der Waals surface area contributed by atoms with E-state index < -0.39 is 0 Å². The van der Waals surface area contributed by atoms with Crippen LogP contribution in [0, 0.1) is 0 Å². The van der Waals surface area contributed by atoms with Crippen LogP contribution in [0.25, 0.3) is 0 Å². The summed E-state index contributed by atoms with van der Waals surface area (Å²) in [4.78, 5) is 11.6. The number of amides is 1. The van der Waals surface area contributed by atoms with Gasteiger partial charge >= 0.3 is 0 Å². The van der Waals surface area contributed by atoms with Crippen molar-refractivity contribution in [3.63, 3.8) is 0 Å². The maximum Gasteiger partial charge on any atom is 0.220 e. The third kappa shape index (κ3) is 4.13. The van der Waals surface area contributed by atoms with Crippen LogP contribution in [0.1, 0.15) is 19.3 Å². The first-order valence-corrected chi connectivity index (χ1v) is 6.65. The summed E-state index contributed by atoms with van der Waals surface area (Å²) in [5, 5.41) is 2.86. The molecule has 19 heavy (non-hydrogen) atoms. The largest absolute Gasteiger partial charge is 0.486 e. The number of nitrogens with one attached hydrogen (secondary N) is 1. The van der Waals surface area contributed by atoms with Crippen molar-refractivity contribution in [2.75, 3.05) is 19.7 Å². The Kier molecular flexibility index (Phi) is 5.03. The molecule has 1 heterocycles. The molecule has 1 aliphatic rings. The molecule has 2 rings (SSSR count). The normalized spacial score (nSPS) is 17.0. The SMILES string of the molecule is NCCCCC(=O)NCC1COc2ccccc2O1. The Morgan fingerprint density at radius 3 is 2.89 bits per heavy atom. The maximum absolute atomic E-state index is 11.6. The highest BCUT2D eigenvalue weighted by molar-refractivity contribution is 5.75. The molecule has 0 fully saturated rings. The van der Waals surface area contributed by atoms with Crippen LogP contribution in [-0.2, 0) is 4.79 Å². The molecular weight excluding hydrogens is 244 g/mol. The molecular formula is C14H20N2O3. The summed E-state index contributed by atoms with van der Waals surface area (Å²) in [6.45, 7) is 1.56. The first-order chi connectivity index (χ1) is 9.29. The van der Waals surface area contributed by atoms with Crippen LogP contribution >= 0.6 is 0 Å². The molecule has 1 unspecified atom stereocenters. The van der Waals surface area contributed by atoms with Gasteiger partial charge in [-0.15, -0.1) is 0 Å². The van der Waals surface area contributed by atoms with Gasteiger partial charge in [0, 0.05) is 6.42 Å². The predicted molar refractivity (Wildman–Crippen MR) is 72.3 cm³/mol. The van der Waals surface area contributed by atoms with Crippen molar-refractivity contribution in [3.8, 4) is 11.5 Å². The van der Waals surface area contributed by atoms with E-state index >= 15 is 0 Å². The van der Waals surface area contributed by atoms with Crippen LogP contribution in [0.15, 0.2) is 24.3 Å². The Hall–Kier alpha value is -1.75. The van der Waals surface area contributed by atoms with Gasteiger partial charge in [-0.1, -0.05) is 12.1 Å². The zero-order chi connectivity index (χ0) is 13.5. The van der Waals surface area contributed by atoms with Crippen molar-refractivity contribution in [3.05, 3.63) is 24.3 Å². The molecule has 0 saturated carbocycles. The summed E-state index contributed by atoms with van der Waals surface area (Å²) in [7, 11) is 0. The van der Waals surface area contributed by atoms with Crippen LogP contribution in [0.2, 0.25) is 0 Å². The molecule has 1 atom stereocenters. The average Bonchev–Trinajstić information content (AvgIpc) is 2.45. The fourth-order valence-corrected chi connectivity index (χ4v) is 1.91. The van der Waals surface area contributed by atoms with Gasteiger partial charge in [0.05, 0.1) is 6.54 Å². The van der Waals surface area contributed by atoms with E-state index in [1.807, 2.05) is 24.3 Å². The molecule has 1 amide bonds.